The molecule has 1 aromatic carbocycles. The van der Waals surface area contributed by atoms with E-state index in [1.807, 2.05) is 25.9 Å². The van der Waals surface area contributed by atoms with E-state index in [-0.39, 0.29) is 16.7 Å². The SMILES string of the molecule is COc1ccc([N+](=O)[O-])c(C(C)N(C)C)c1Br. The lowest BCUT2D eigenvalue weighted by molar-refractivity contribution is -0.386. The Bertz CT molecular complexity index is 435. The van der Waals surface area contributed by atoms with Gasteiger partial charge in [0.25, 0.3) is 5.69 Å². The molecule has 5 nitrogen and oxygen atoms in total. The average Bonchev–Trinajstić information content (AvgIpc) is 2.27. The molecule has 0 aliphatic heterocycles. The molecule has 0 aliphatic carbocycles. The molecule has 0 fully saturated rings. The van der Waals surface area contributed by atoms with Gasteiger partial charge in [0, 0.05) is 12.1 Å². The van der Waals surface area contributed by atoms with Gasteiger partial charge in [-0.3, -0.25) is 10.1 Å². The Hall–Kier alpha value is -1.14. The van der Waals surface area contributed by atoms with E-state index >= 15 is 0 Å². The van der Waals surface area contributed by atoms with Crippen LogP contribution < -0.4 is 4.74 Å². The summed E-state index contributed by atoms with van der Waals surface area (Å²) < 4.78 is 5.80. The van der Waals surface area contributed by atoms with Crippen LogP contribution in [0, 0.1) is 10.1 Å². The lowest BCUT2D eigenvalue weighted by Crippen LogP contribution is -2.18. The van der Waals surface area contributed by atoms with Crippen molar-refractivity contribution in [2.24, 2.45) is 0 Å². The molecule has 17 heavy (non-hydrogen) atoms. The maximum atomic E-state index is 11.0. The summed E-state index contributed by atoms with van der Waals surface area (Å²) in [6, 6.07) is 2.98. The van der Waals surface area contributed by atoms with Crippen LogP contribution >= 0.6 is 15.9 Å². The predicted octanol–water partition coefficient (Wildman–Crippen LogP) is 2.99. The number of nitro benzene ring substituents is 1. The van der Waals surface area contributed by atoms with Gasteiger partial charge in [0.2, 0.25) is 0 Å². The molecule has 0 heterocycles. The van der Waals surface area contributed by atoms with Gasteiger partial charge in [-0.2, -0.15) is 0 Å². The number of rotatable bonds is 4. The Morgan fingerprint density at radius 3 is 2.47 bits per heavy atom. The molecule has 0 saturated carbocycles. The monoisotopic (exact) mass is 302 g/mol. The zero-order valence-corrected chi connectivity index (χ0v) is 11.8. The van der Waals surface area contributed by atoms with Crippen LogP contribution in [0.2, 0.25) is 0 Å². The fraction of sp³-hybridized carbons (Fsp3) is 0.455. The van der Waals surface area contributed by atoms with Gasteiger partial charge in [0.05, 0.1) is 22.1 Å². The van der Waals surface area contributed by atoms with E-state index in [1.54, 1.807) is 6.07 Å². The molecule has 6 heteroatoms. The fourth-order valence-corrected chi connectivity index (χ4v) is 2.36. The van der Waals surface area contributed by atoms with Crippen molar-refractivity contribution >= 4 is 21.6 Å². The number of methoxy groups -OCH3 is 1. The number of nitro groups is 1. The summed E-state index contributed by atoms with van der Waals surface area (Å²) in [6.45, 7) is 1.91. The highest BCUT2D eigenvalue weighted by Crippen LogP contribution is 2.39. The lowest BCUT2D eigenvalue weighted by Gasteiger charge is -2.22. The third-order valence-electron chi connectivity index (χ3n) is 2.73. The van der Waals surface area contributed by atoms with Gasteiger partial charge < -0.3 is 9.64 Å². The van der Waals surface area contributed by atoms with E-state index in [9.17, 15) is 10.1 Å². The molecule has 1 unspecified atom stereocenters. The third-order valence-corrected chi connectivity index (χ3v) is 3.55. The molecular formula is C11H15BrN2O3. The standard InChI is InChI=1S/C11H15BrN2O3/c1-7(13(2)3)10-8(14(15)16)5-6-9(17-4)11(10)12/h5-7H,1-4H3. The minimum Gasteiger partial charge on any atom is -0.496 e. The van der Waals surface area contributed by atoms with Crippen LogP contribution in [0.25, 0.3) is 0 Å². The maximum Gasteiger partial charge on any atom is 0.275 e. The largest absolute Gasteiger partial charge is 0.496 e. The van der Waals surface area contributed by atoms with Crippen molar-refractivity contribution in [3.8, 4) is 5.75 Å². The second-order valence-corrected chi connectivity index (χ2v) is 4.70. The van der Waals surface area contributed by atoms with Crippen LogP contribution in [0.5, 0.6) is 5.75 Å². The lowest BCUT2D eigenvalue weighted by atomic mass is 10.0. The summed E-state index contributed by atoms with van der Waals surface area (Å²) in [5.74, 6) is 0.597. The number of halogens is 1. The van der Waals surface area contributed by atoms with Gasteiger partial charge in [-0.15, -0.1) is 0 Å². The molecular weight excluding hydrogens is 288 g/mol. The highest BCUT2D eigenvalue weighted by atomic mass is 79.9. The van der Waals surface area contributed by atoms with Crippen molar-refractivity contribution < 1.29 is 9.66 Å². The normalized spacial score (nSPS) is 12.6. The second kappa shape index (κ2) is 5.46. The first-order valence-corrected chi connectivity index (χ1v) is 5.86. The maximum absolute atomic E-state index is 11.0. The molecule has 0 amide bonds. The van der Waals surface area contributed by atoms with E-state index in [2.05, 4.69) is 15.9 Å². The van der Waals surface area contributed by atoms with Crippen molar-refractivity contribution in [2.75, 3.05) is 21.2 Å². The number of hydrogen-bond donors (Lipinski definition) is 0. The molecule has 0 saturated heterocycles. The highest BCUT2D eigenvalue weighted by molar-refractivity contribution is 9.10. The van der Waals surface area contributed by atoms with E-state index in [0.29, 0.717) is 15.8 Å². The molecule has 0 N–H and O–H groups in total. The van der Waals surface area contributed by atoms with Crippen LogP contribution in [0.4, 0.5) is 5.69 Å². The molecule has 1 aromatic rings. The molecule has 0 bridgehead atoms. The topological polar surface area (TPSA) is 55.6 Å². The molecule has 1 rings (SSSR count). The first-order valence-electron chi connectivity index (χ1n) is 5.07. The van der Waals surface area contributed by atoms with E-state index in [4.69, 9.17) is 4.74 Å². The van der Waals surface area contributed by atoms with Crippen LogP contribution in [0.3, 0.4) is 0 Å². The smallest absolute Gasteiger partial charge is 0.275 e. The van der Waals surface area contributed by atoms with Crippen molar-refractivity contribution in [2.45, 2.75) is 13.0 Å². The first-order chi connectivity index (χ1) is 7.90. The van der Waals surface area contributed by atoms with E-state index in [1.165, 1.54) is 13.2 Å². The Labute approximate surface area is 109 Å². The quantitative estimate of drug-likeness (QED) is 0.634. The van der Waals surface area contributed by atoms with Crippen molar-refractivity contribution in [3.05, 3.63) is 32.3 Å². The zero-order chi connectivity index (χ0) is 13.2. The summed E-state index contributed by atoms with van der Waals surface area (Å²) in [7, 11) is 5.29. The Kier molecular flexibility index (Phi) is 4.47. The Morgan fingerprint density at radius 2 is 2.06 bits per heavy atom. The number of nitrogens with zero attached hydrogens (tertiary/aromatic N) is 2. The van der Waals surface area contributed by atoms with Crippen LogP contribution in [-0.2, 0) is 0 Å². The highest BCUT2D eigenvalue weighted by Gasteiger charge is 2.25. The number of ether oxygens (including phenoxy) is 1. The summed E-state index contributed by atoms with van der Waals surface area (Å²) in [5, 5.41) is 11.0. The molecule has 1 atom stereocenters. The molecule has 0 aromatic heterocycles. The first kappa shape index (κ1) is 13.9. The van der Waals surface area contributed by atoms with Crippen LogP contribution in [0.15, 0.2) is 16.6 Å². The molecule has 0 aliphatic rings. The van der Waals surface area contributed by atoms with Gasteiger partial charge in [-0.05, 0) is 43.0 Å². The van der Waals surface area contributed by atoms with Gasteiger partial charge in [0.15, 0.2) is 0 Å². The van der Waals surface area contributed by atoms with Gasteiger partial charge in [0.1, 0.15) is 5.75 Å². The minimum atomic E-state index is -0.375. The Morgan fingerprint density at radius 1 is 1.47 bits per heavy atom. The van der Waals surface area contributed by atoms with E-state index < -0.39 is 0 Å². The van der Waals surface area contributed by atoms with Gasteiger partial charge in [-0.1, -0.05) is 0 Å². The summed E-state index contributed by atoms with van der Waals surface area (Å²) in [4.78, 5) is 12.6. The summed E-state index contributed by atoms with van der Waals surface area (Å²) in [5.41, 5.74) is 0.721. The Balaban J connectivity index is 3.45. The number of hydrogen-bond acceptors (Lipinski definition) is 4. The summed E-state index contributed by atoms with van der Waals surface area (Å²) >= 11 is 3.37. The average molecular weight is 303 g/mol. The number of benzene rings is 1. The predicted molar refractivity (Wildman–Crippen MR) is 69.5 cm³/mol. The van der Waals surface area contributed by atoms with Crippen molar-refractivity contribution in [1.82, 2.24) is 4.90 Å². The van der Waals surface area contributed by atoms with E-state index in [0.717, 1.165) is 0 Å². The second-order valence-electron chi connectivity index (χ2n) is 3.91. The minimum absolute atomic E-state index is 0.0834. The molecule has 0 radical (unpaired) electrons. The fourth-order valence-electron chi connectivity index (χ4n) is 1.54. The van der Waals surface area contributed by atoms with Gasteiger partial charge in [-0.25, -0.2) is 0 Å². The van der Waals surface area contributed by atoms with Crippen molar-refractivity contribution in [3.63, 3.8) is 0 Å². The van der Waals surface area contributed by atoms with Gasteiger partial charge >= 0.3 is 0 Å². The molecule has 0 spiro atoms. The van der Waals surface area contributed by atoms with Crippen LogP contribution in [-0.4, -0.2) is 31.0 Å². The zero-order valence-electron chi connectivity index (χ0n) is 10.2. The third kappa shape index (κ3) is 2.76. The van der Waals surface area contributed by atoms with Crippen LogP contribution in [0.1, 0.15) is 18.5 Å². The summed E-state index contributed by atoms with van der Waals surface area (Å²) in [6.07, 6.45) is 0. The molecule has 94 valence electrons. The van der Waals surface area contributed by atoms with Crippen molar-refractivity contribution in [1.29, 1.82) is 0 Å².